The highest BCUT2D eigenvalue weighted by Gasteiger charge is 2.46. The topological polar surface area (TPSA) is 54.5 Å². The number of sulfone groups is 1. The number of amides is 1. The van der Waals surface area contributed by atoms with Crippen LogP contribution in [0.1, 0.15) is 43.2 Å². The van der Waals surface area contributed by atoms with Crippen LogP contribution < -0.4 is 0 Å². The van der Waals surface area contributed by atoms with Crippen molar-refractivity contribution in [2.24, 2.45) is 0 Å². The van der Waals surface area contributed by atoms with Crippen molar-refractivity contribution in [1.29, 1.82) is 0 Å². The van der Waals surface area contributed by atoms with Gasteiger partial charge in [0.1, 0.15) is 0 Å². The third kappa shape index (κ3) is 3.72. The molecule has 0 spiro atoms. The number of fused-ring (bicyclic) bond motifs is 2. The van der Waals surface area contributed by atoms with Crippen molar-refractivity contribution < 1.29 is 13.2 Å². The minimum absolute atomic E-state index is 0.0623. The van der Waals surface area contributed by atoms with Crippen LogP contribution in [0.5, 0.6) is 0 Å². The van der Waals surface area contributed by atoms with Gasteiger partial charge in [-0.3, -0.25) is 4.79 Å². The summed E-state index contributed by atoms with van der Waals surface area (Å²) in [6, 6.07) is 17.1. The van der Waals surface area contributed by atoms with Crippen molar-refractivity contribution in [3.8, 4) is 0 Å². The van der Waals surface area contributed by atoms with Gasteiger partial charge in [0.05, 0.1) is 10.1 Å². The predicted octanol–water partition coefficient (Wildman–Crippen LogP) is 3.92. The summed E-state index contributed by atoms with van der Waals surface area (Å²) in [5, 5.41) is -0.381. The van der Waals surface area contributed by atoms with E-state index in [0.717, 1.165) is 19.3 Å². The minimum Gasteiger partial charge on any atom is -0.337 e. The summed E-state index contributed by atoms with van der Waals surface area (Å²) in [7, 11) is -3.33. The lowest BCUT2D eigenvalue weighted by Gasteiger charge is -2.38. The number of aryl methyl sites for hydroxylation is 2. The lowest BCUT2D eigenvalue weighted by atomic mass is 10.0. The molecule has 2 atom stereocenters. The zero-order valence-electron chi connectivity index (χ0n) is 16.3. The maximum absolute atomic E-state index is 13.0. The largest absolute Gasteiger partial charge is 0.337 e. The molecule has 148 valence electrons. The molecule has 2 saturated heterocycles. The molecular weight excluding hydrogens is 370 g/mol. The highest BCUT2D eigenvalue weighted by atomic mass is 32.2. The average molecular weight is 398 g/mol. The predicted molar refractivity (Wildman–Crippen MR) is 110 cm³/mol. The lowest BCUT2D eigenvalue weighted by molar-refractivity contribution is -0.135. The third-order valence-corrected chi connectivity index (χ3v) is 8.39. The Morgan fingerprint density at radius 1 is 1.00 bits per heavy atom. The van der Waals surface area contributed by atoms with Crippen molar-refractivity contribution in [3.63, 3.8) is 0 Å². The summed E-state index contributed by atoms with van der Waals surface area (Å²) < 4.78 is 26.0. The molecule has 0 saturated carbocycles. The summed E-state index contributed by atoms with van der Waals surface area (Å²) in [6.45, 7) is 2.06. The second kappa shape index (κ2) is 7.70. The van der Waals surface area contributed by atoms with Crippen LogP contribution >= 0.6 is 0 Å². The third-order valence-electron chi connectivity index (χ3n) is 6.20. The molecule has 5 heteroatoms. The van der Waals surface area contributed by atoms with Crippen molar-refractivity contribution >= 4 is 15.7 Å². The Labute approximate surface area is 167 Å². The van der Waals surface area contributed by atoms with Gasteiger partial charge in [-0.05, 0) is 56.7 Å². The Hall–Kier alpha value is -2.14. The van der Waals surface area contributed by atoms with E-state index in [1.807, 2.05) is 17.0 Å². The maximum Gasteiger partial charge on any atom is 0.223 e. The highest BCUT2D eigenvalue weighted by molar-refractivity contribution is 7.92. The zero-order chi connectivity index (χ0) is 19.7. The molecule has 0 N–H and O–H groups in total. The molecule has 2 aliphatic rings. The minimum atomic E-state index is -3.33. The molecule has 0 aromatic heterocycles. The van der Waals surface area contributed by atoms with Crippen molar-refractivity contribution in [1.82, 2.24) is 4.90 Å². The molecule has 2 unspecified atom stereocenters. The monoisotopic (exact) mass is 397 g/mol. The first-order valence-electron chi connectivity index (χ1n) is 10.1. The van der Waals surface area contributed by atoms with E-state index in [1.54, 1.807) is 24.3 Å². The van der Waals surface area contributed by atoms with E-state index < -0.39 is 9.84 Å². The fourth-order valence-electron chi connectivity index (χ4n) is 4.84. The van der Waals surface area contributed by atoms with Crippen LogP contribution in [0.15, 0.2) is 59.5 Å². The molecule has 2 aliphatic heterocycles. The molecule has 4 nitrogen and oxygen atoms in total. The van der Waals surface area contributed by atoms with Crippen LogP contribution in [-0.4, -0.2) is 36.6 Å². The van der Waals surface area contributed by atoms with E-state index in [9.17, 15) is 13.2 Å². The number of rotatable bonds is 5. The highest BCUT2D eigenvalue weighted by Crippen LogP contribution is 2.40. The number of benzene rings is 2. The fraction of sp³-hybridized carbons (Fsp3) is 0.435. The van der Waals surface area contributed by atoms with Gasteiger partial charge in [-0.25, -0.2) is 8.42 Å². The van der Waals surface area contributed by atoms with Gasteiger partial charge >= 0.3 is 0 Å². The normalized spacial score (nSPS) is 24.3. The molecule has 0 aliphatic carbocycles. The van der Waals surface area contributed by atoms with Gasteiger partial charge in [0.15, 0.2) is 9.84 Å². The molecule has 28 heavy (non-hydrogen) atoms. The molecule has 2 aromatic carbocycles. The van der Waals surface area contributed by atoms with Crippen molar-refractivity contribution in [2.45, 2.75) is 67.7 Å². The van der Waals surface area contributed by atoms with Crippen LogP contribution in [-0.2, 0) is 21.1 Å². The first kappa shape index (κ1) is 19.2. The van der Waals surface area contributed by atoms with Crippen molar-refractivity contribution in [2.75, 3.05) is 0 Å². The molecule has 2 heterocycles. The summed E-state index contributed by atoms with van der Waals surface area (Å²) in [6.07, 6.45) is 4.19. The van der Waals surface area contributed by atoms with Crippen molar-refractivity contribution in [3.05, 3.63) is 65.7 Å². The molecule has 0 radical (unpaired) electrons. The lowest BCUT2D eigenvalue weighted by Crippen LogP contribution is -2.49. The first-order chi connectivity index (χ1) is 13.4. The molecule has 4 rings (SSSR count). The van der Waals surface area contributed by atoms with E-state index in [4.69, 9.17) is 0 Å². The number of nitrogens with zero attached hydrogens (tertiary/aromatic N) is 1. The number of hydrogen-bond donors (Lipinski definition) is 0. The Morgan fingerprint density at radius 2 is 1.68 bits per heavy atom. The summed E-state index contributed by atoms with van der Waals surface area (Å²) >= 11 is 0. The van der Waals surface area contributed by atoms with E-state index >= 15 is 0 Å². The maximum atomic E-state index is 13.0. The second-order valence-corrected chi connectivity index (χ2v) is 10.4. The molecular formula is C23H27NO3S. The van der Waals surface area contributed by atoms with Gasteiger partial charge in [-0.15, -0.1) is 0 Å². The van der Waals surface area contributed by atoms with E-state index in [0.29, 0.717) is 24.2 Å². The Bertz CT molecular complexity index is 941. The summed E-state index contributed by atoms with van der Waals surface area (Å²) in [4.78, 5) is 15.3. The van der Waals surface area contributed by atoms with E-state index in [2.05, 4.69) is 25.1 Å². The summed E-state index contributed by atoms with van der Waals surface area (Å²) in [5.74, 6) is 0.171. The zero-order valence-corrected chi connectivity index (χ0v) is 17.1. The molecule has 2 aromatic rings. The van der Waals surface area contributed by atoms with Gasteiger partial charge in [0.2, 0.25) is 5.91 Å². The number of hydrogen-bond acceptors (Lipinski definition) is 3. The van der Waals surface area contributed by atoms with Crippen LogP contribution in [0.25, 0.3) is 0 Å². The first-order valence-corrected chi connectivity index (χ1v) is 11.7. The van der Waals surface area contributed by atoms with Gasteiger partial charge in [0.25, 0.3) is 0 Å². The second-order valence-electron chi connectivity index (χ2n) is 8.13. The average Bonchev–Trinajstić information content (AvgIpc) is 2.96. The molecule has 2 bridgehead atoms. The number of carbonyl (C=O) groups is 1. The molecule has 1 amide bonds. The van der Waals surface area contributed by atoms with E-state index in [1.165, 1.54) is 11.1 Å². The Kier molecular flexibility index (Phi) is 5.28. The number of piperidine rings is 1. The Balaban J connectivity index is 1.43. The van der Waals surface area contributed by atoms with Crippen LogP contribution in [0.2, 0.25) is 0 Å². The van der Waals surface area contributed by atoms with Gasteiger partial charge in [-0.2, -0.15) is 0 Å². The van der Waals surface area contributed by atoms with Crippen LogP contribution in [0, 0.1) is 6.92 Å². The summed E-state index contributed by atoms with van der Waals surface area (Å²) in [5.41, 5.74) is 2.39. The smallest absolute Gasteiger partial charge is 0.223 e. The fourth-order valence-corrected chi connectivity index (χ4v) is 6.71. The van der Waals surface area contributed by atoms with Gasteiger partial charge < -0.3 is 4.90 Å². The Morgan fingerprint density at radius 3 is 2.32 bits per heavy atom. The standard InChI is InChI=1S/C23H27NO3S/c1-17-6-5-7-18(14-17)10-13-23(25)24-19-11-12-20(24)16-22(15-19)28(26,27)21-8-3-2-4-9-21/h2-9,14,19-20,22H,10-13,15-16H2,1H3. The van der Waals surface area contributed by atoms with Crippen LogP contribution in [0.3, 0.4) is 0 Å². The SMILES string of the molecule is Cc1cccc(CCC(=O)N2C3CCC2CC(S(=O)(=O)c2ccccc2)C3)c1. The van der Waals surface area contributed by atoms with Gasteiger partial charge in [0, 0.05) is 18.5 Å². The van der Waals surface area contributed by atoms with Crippen LogP contribution in [0.4, 0.5) is 0 Å². The molecule has 2 fully saturated rings. The number of carbonyl (C=O) groups excluding carboxylic acids is 1. The quantitative estimate of drug-likeness (QED) is 0.768. The van der Waals surface area contributed by atoms with Gasteiger partial charge in [-0.1, -0.05) is 48.0 Å². The van der Waals surface area contributed by atoms with E-state index in [-0.39, 0.29) is 23.2 Å².